The SMILES string of the molecule is CN(Cc1nc2ccc(F)cc2[nH]1)C(=O)c1n[nH]c2ccccc12. The Morgan fingerprint density at radius 2 is 2.04 bits per heavy atom. The highest BCUT2D eigenvalue weighted by Crippen LogP contribution is 2.18. The lowest BCUT2D eigenvalue weighted by Crippen LogP contribution is -2.27. The fourth-order valence-corrected chi connectivity index (χ4v) is 2.71. The molecule has 0 unspecified atom stereocenters. The predicted octanol–water partition coefficient (Wildman–Crippen LogP) is 2.85. The van der Waals surface area contributed by atoms with Crippen molar-refractivity contribution in [2.24, 2.45) is 0 Å². The number of carbonyl (C=O) groups is 1. The topological polar surface area (TPSA) is 77.7 Å². The Hall–Kier alpha value is -3.22. The third kappa shape index (κ3) is 2.40. The van der Waals surface area contributed by atoms with Crippen LogP contribution < -0.4 is 0 Å². The molecule has 24 heavy (non-hydrogen) atoms. The fraction of sp³-hybridized carbons (Fsp3) is 0.118. The number of carbonyl (C=O) groups excluding carboxylic acids is 1. The van der Waals surface area contributed by atoms with E-state index in [-0.39, 0.29) is 18.3 Å². The van der Waals surface area contributed by atoms with Crippen molar-refractivity contribution >= 4 is 27.8 Å². The normalized spacial score (nSPS) is 11.2. The summed E-state index contributed by atoms with van der Waals surface area (Å²) in [7, 11) is 1.68. The van der Waals surface area contributed by atoms with E-state index in [1.54, 1.807) is 13.1 Å². The van der Waals surface area contributed by atoms with Crippen LogP contribution in [0.25, 0.3) is 21.9 Å². The predicted molar refractivity (Wildman–Crippen MR) is 87.9 cm³/mol. The number of para-hydroxylation sites is 1. The van der Waals surface area contributed by atoms with E-state index in [0.29, 0.717) is 22.6 Å². The van der Waals surface area contributed by atoms with Crippen molar-refractivity contribution in [3.05, 3.63) is 59.8 Å². The first kappa shape index (κ1) is 14.4. The average molecular weight is 323 g/mol. The number of rotatable bonds is 3. The lowest BCUT2D eigenvalue weighted by Gasteiger charge is -2.14. The first-order chi connectivity index (χ1) is 11.6. The van der Waals surface area contributed by atoms with Gasteiger partial charge in [0.15, 0.2) is 5.69 Å². The van der Waals surface area contributed by atoms with E-state index >= 15 is 0 Å². The van der Waals surface area contributed by atoms with Gasteiger partial charge < -0.3 is 9.88 Å². The highest BCUT2D eigenvalue weighted by molar-refractivity contribution is 6.04. The molecular weight excluding hydrogens is 309 g/mol. The third-order valence-corrected chi connectivity index (χ3v) is 3.90. The monoisotopic (exact) mass is 323 g/mol. The molecular formula is C17H14FN5O. The van der Waals surface area contributed by atoms with Crippen LogP contribution in [0, 0.1) is 5.82 Å². The Labute approximate surface area is 136 Å². The molecule has 0 spiro atoms. The number of amides is 1. The minimum absolute atomic E-state index is 0.209. The van der Waals surface area contributed by atoms with Crippen molar-refractivity contribution in [3.63, 3.8) is 0 Å². The molecule has 0 aliphatic rings. The van der Waals surface area contributed by atoms with Crippen LogP contribution in [0.1, 0.15) is 16.3 Å². The second-order valence-electron chi connectivity index (χ2n) is 5.62. The van der Waals surface area contributed by atoms with Gasteiger partial charge in [-0.3, -0.25) is 9.89 Å². The minimum atomic E-state index is -0.329. The van der Waals surface area contributed by atoms with Crippen molar-refractivity contribution in [2.45, 2.75) is 6.54 Å². The molecule has 0 bridgehead atoms. The molecule has 2 aromatic heterocycles. The number of H-pyrrole nitrogens is 2. The van der Waals surface area contributed by atoms with Gasteiger partial charge in [0.2, 0.25) is 0 Å². The number of nitrogens with one attached hydrogen (secondary N) is 2. The van der Waals surface area contributed by atoms with Gasteiger partial charge in [-0.15, -0.1) is 0 Å². The maximum absolute atomic E-state index is 13.2. The summed E-state index contributed by atoms with van der Waals surface area (Å²) in [5, 5.41) is 7.75. The lowest BCUT2D eigenvalue weighted by atomic mass is 10.2. The van der Waals surface area contributed by atoms with Gasteiger partial charge in [-0.1, -0.05) is 18.2 Å². The molecule has 4 rings (SSSR count). The van der Waals surface area contributed by atoms with Gasteiger partial charge in [0.25, 0.3) is 5.91 Å². The van der Waals surface area contributed by atoms with Gasteiger partial charge in [-0.2, -0.15) is 5.10 Å². The number of hydrogen-bond acceptors (Lipinski definition) is 3. The van der Waals surface area contributed by atoms with Gasteiger partial charge in [0.05, 0.1) is 23.1 Å². The molecule has 2 heterocycles. The van der Waals surface area contributed by atoms with E-state index in [1.807, 2.05) is 24.3 Å². The fourth-order valence-electron chi connectivity index (χ4n) is 2.71. The van der Waals surface area contributed by atoms with E-state index in [0.717, 1.165) is 10.9 Å². The number of hydrogen-bond donors (Lipinski definition) is 2. The molecule has 0 radical (unpaired) electrons. The molecule has 120 valence electrons. The largest absolute Gasteiger partial charge is 0.340 e. The van der Waals surface area contributed by atoms with Crippen molar-refractivity contribution in [2.75, 3.05) is 7.05 Å². The van der Waals surface area contributed by atoms with E-state index in [4.69, 9.17) is 0 Å². The van der Waals surface area contributed by atoms with E-state index in [9.17, 15) is 9.18 Å². The van der Waals surface area contributed by atoms with Gasteiger partial charge in [-0.05, 0) is 24.3 Å². The number of fused-ring (bicyclic) bond motifs is 2. The number of nitrogens with zero attached hydrogens (tertiary/aromatic N) is 3. The van der Waals surface area contributed by atoms with Crippen LogP contribution in [0.15, 0.2) is 42.5 Å². The van der Waals surface area contributed by atoms with Crippen LogP contribution in [0.3, 0.4) is 0 Å². The molecule has 0 fully saturated rings. The summed E-state index contributed by atoms with van der Waals surface area (Å²) in [5.41, 5.74) is 2.46. The molecule has 0 aliphatic carbocycles. The quantitative estimate of drug-likeness (QED) is 0.608. The number of aromatic amines is 2. The summed E-state index contributed by atoms with van der Waals surface area (Å²) in [6.07, 6.45) is 0. The van der Waals surface area contributed by atoms with Crippen LogP contribution in [0.5, 0.6) is 0 Å². The Bertz CT molecular complexity index is 1050. The first-order valence-corrected chi connectivity index (χ1v) is 7.44. The second kappa shape index (κ2) is 5.45. The first-order valence-electron chi connectivity index (χ1n) is 7.44. The van der Waals surface area contributed by atoms with Crippen LogP contribution in [0.4, 0.5) is 4.39 Å². The molecule has 0 saturated heterocycles. The molecule has 4 aromatic rings. The Kier molecular flexibility index (Phi) is 3.26. The second-order valence-corrected chi connectivity index (χ2v) is 5.62. The highest BCUT2D eigenvalue weighted by Gasteiger charge is 2.19. The summed E-state index contributed by atoms with van der Waals surface area (Å²) in [6.45, 7) is 0.274. The third-order valence-electron chi connectivity index (χ3n) is 3.90. The molecule has 1 amide bonds. The van der Waals surface area contributed by atoms with E-state index in [1.165, 1.54) is 17.0 Å². The summed E-state index contributed by atoms with van der Waals surface area (Å²) < 4.78 is 13.2. The van der Waals surface area contributed by atoms with Gasteiger partial charge in [-0.25, -0.2) is 9.37 Å². The van der Waals surface area contributed by atoms with Crippen LogP contribution in [-0.2, 0) is 6.54 Å². The zero-order chi connectivity index (χ0) is 16.7. The van der Waals surface area contributed by atoms with Crippen LogP contribution in [-0.4, -0.2) is 38.0 Å². The number of benzene rings is 2. The lowest BCUT2D eigenvalue weighted by molar-refractivity contribution is 0.0778. The highest BCUT2D eigenvalue weighted by atomic mass is 19.1. The van der Waals surface area contributed by atoms with Crippen molar-refractivity contribution in [3.8, 4) is 0 Å². The molecule has 6 nitrogen and oxygen atoms in total. The summed E-state index contributed by atoms with van der Waals surface area (Å²) >= 11 is 0. The molecule has 2 aromatic carbocycles. The number of halogens is 1. The van der Waals surface area contributed by atoms with Gasteiger partial charge in [0.1, 0.15) is 11.6 Å². The van der Waals surface area contributed by atoms with Crippen molar-refractivity contribution in [1.82, 2.24) is 25.1 Å². The zero-order valence-corrected chi connectivity index (χ0v) is 12.9. The van der Waals surface area contributed by atoms with Crippen LogP contribution in [0.2, 0.25) is 0 Å². The van der Waals surface area contributed by atoms with Gasteiger partial charge in [0, 0.05) is 12.4 Å². The average Bonchev–Trinajstić information content (AvgIpc) is 3.17. The maximum Gasteiger partial charge on any atom is 0.275 e. The Morgan fingerprint density at radius 3 is 2.92 bits per heavy atom. The summed E-state index contributed by atoms with van der Waals surface area (Å²) in [5.74, 6) is 0.0514. The molecule has 0 saturated carbocycles. The van der Waals surface area contributed by atoms with E-state index in [2.05, 4.69) is 20.2 Å². The zero-order valence-electron chi connectivity index (χ0n) is 12.9. The standard InChI is InChI=1S/C17H14FN5O/c1-23(9-15-19-13-7-6-10(18)8-14(13)20-15)17(24)16-11-4-2-3-5-12(11)21-22-16/h2-8H,9H2,1H3,(H,19,20)(H,21,22). The molecule has 7 heteroatoms. The maximum atomic E-state index is 13.2. The Balaban J connectivity index is 1.60. The van der Waals surface area contributed by atoms with Crippen LogP contribution >= 0.6 is 0 Å². The van der Waals surface area contributed by atoms with Crippen molar-refractivity contribution < 1.29 is 9.18 Å². The minimum Gasteiger partial charge on any atom is -0.340 e. The number of imidazole rings is 1. The summed E-state index contributed by atoms with van der Waals surface area (Å²) in [4.78, 5) is 21.6. The Morgan fingerprint density at radius 1 is 1.21 bits per heavy atom. The molecule has 0 atom stereocenters. The van der Waals surface area contributed by atoms with E-state index < -0.39 is 0 Å². The molecule has 0 aliphatic heterocycles. The molecule has 2 N–H and O–H groups in total. The van der Waals surface area contributed by atoms with Crippen molar-refractivity contribution in [1.29, 1.82) is 0 Å². The number of aromatic nitrogens is 4. The summed E-state index contributed by atoms with van der Waals surface area (Å²) in [6, 6.07) is 11.8. The van der Waals surface area contributed by atoms with Gasteiger partial charge >= 0.3 is 0 Å². The smallest absolute Gasteiger partial charge is 0.275 e.